The third kappa shape index (κ3) is 4.04. The molecule has 2 rings (SSSR count). The van der Waals surface area contributed by atoms with Crippen LogP contribution in [-0.4, -0.2) is 11.9 Å². The van der Waals surface area contributed by atoms with Gasteiger partial charge in [-0.15, -0.1) is 0 Å². The summed E-state index contributed by atoms with van der Waals surface area (Å²) in [7, 11) is 0. The maximum atomic E-state index is 12.3. The number of hydrogen-bond donors (Lipinski definition) is 0. The Kier molecular flexibility index (Phi) is 5.26. The Balaban J connectivity index is 2.50. The lowest BCUT2D eigenvalue weighted by Gasteiger charge is -2.12. The molecule has 0 aliphatic rings. The Morgan fingerprint density at radius 2 is 1.22 bits per heavy atom. The molecule has 2 aromatic rings. The molecule has 2 aromatic carbocycles. The van der Waals surface area contributed by atoms with Crippen molar-refractivity contribution in [1.82, 2.24) is 0 Å². The van der Waals surface area contributed by atoms with E-state index in [-0.39, 0.29) is 5.57 Å². The fourth-order valence-electron chi connectivity index (χ4n) is 2.16. The summed E-state index contributed by atoms with van der Waals surface area (Å²) in [6.07, 6.45) is 0. The van der Waals surface area contributed by atoms with Gasteiger partial charge in [-0.25, -0.2) is 9.59 Å². The predicted molar refractivity (Wildman–Crippen MR) is 90.5 cm³/mol. The van der Waals surface area contributed by atoms with E-state index in [0.29, 0.717) is 5.57 Å². The fourth-order valence-corrected chi connectivity index (χ4v) is 2.16. The summed E-state index contributed by atoms with van der Waals surface area (Å²) in [5, 5.41) is 0. The van der Waals surface area contributed by atoms with Crippen molar-refractivity contribution in [3.8, 4) is 0 Å². The van der Waals surface area contributed by atoms with E-state index in [0.717, 1.165) is 16.7 Å². The number of benzene rings is 2. The SMILES string of the molecule is C=C(C)C(=O)OC(=O)C(C)=C(c1ccccc1)c1ccccc1. The summed E-state index contributed by atoms with van der Waals surface area (Å²) in [6.45, 7) is 6.65. The Morgan fingerprint density at radius 3 is 1.61 bits per heavy atom. The van der Waals surface area contributed by atoms with Gasteiger partial charge in [0.25, 0.3) is 0 Å². The van der Waals surface area contributed by atoms with Crippen LogP contribution in [0.5, 0.6) is 0 Å². The second-order valence-corrected chi connectivity index (χ2v) is 5.19. The molecule has 0 fully saturated rings. The highest BCUT2D eigenvalue weighted by atomic mass is 16.6. The normalized spacial score (nSPS) is 9.83. The Hall–Kier alpha value is -2.94. The quantitative estimate of drug-likeness (QED) is 0.484. The van der Waals surface area contributed by atoms with Crippen molar-refractivity contribution >= 4 is 17.5 Å². The van der Waals surface area contributed by atoms with Crippen LogP contribution in [0.25, 0.3) is 5.57 Å². The summed E-state index contributed by atoms with van der Waals surface area (Å²) in [5.74, 6) is -1.38. The number of rotatable bonds is 4. The molecule has 0 aliphatic carbocycles. The van der Waals surface area contributed by atoms with Crippen LogP contribution in [0.4, 0.5) is 0 Å². The largest absolute Gasteiger partial charge is 0.386 e. The zero-order valence-corrected chi connectivity index (χ0v) is 13.2. The maximum absolute atomic E-state index is 12.3. The number of esters is 2. The van der Waals surface area contributed by atoms with Gasteiger partial charge in [-0.3, -0.25) is 0 Å². The Bertz CT molecular complexity index is 714. The van der Waals surface area contributed by atoms with Gasteiger partial charge in [-0.1, -0.05) is 67.2 Å². The molecule has 0 saturated carbocycles. The molecule has 0 aliphatic heterocycles. The monoisotopic (exact) mass is 306 g/mol. The lowest BCUT2D eigenvalue weighted by atomic mass is 9.93. The molecule has 23 heavy (non-hydrogen) atoms. The number of ether oxygens (including phenoxy) is 1. The summed E-state index contributed by atoms with van der Waals surface area (Å²) < 4.78 is 4.86. The molecule has 3 nitrogen and oxygen atoms in total. The van der Waals surface area contributed by atoms with Crippen molar-refractivity contribution in [2.45, 2.75) is 13.8 Å². The van der Waals surface area contributed by atoms with Crippen molar-refractivity contribution in [1.29, 1.82) is 0 Å². The van der Waals surface area contributed by atoms with E-state index >= 15 is 0 Å². The molecular weight excluding hydrogens is 288 g/mol. The lowest BCUT2D eigenvalue weighted by molar-refractivity contribution is -0.153. The first kappa shape index (κ1) is 16.4. The average molecular weight is 306 g/mol. The van der Waals surface area contributed by atoms with Gasteiger partial charge in [0.2, 0.25) is 0 Å². The molecule has 0 heterocycles. The van der Waals surface area contributed by atoms with Gasteiger partial charge in [0.05, 0.1) is 0 Å². The van der Waals surface area contributed by atoms with Gasteiger partial charge in [-0.2, -0.15) is 0 Å². The third-order valence-corrected chi connectivity index (χ3v) is 3.34. The summed E-state index contributed by atoms with van der Waals surface area (Å²) in [6, 6.07) is 19.1. The van der Waals surface area contributed by atoms with Crippen LogP contribution in [0, 0.1) is 0 Å². The third-order valence-electron chi connectivity index (χ3n) is 3.34. The van der Waals surface area contributed by atoms with Crippen LogP contribution in [0.3, 0.4) is 0 Å². The Morgan fingerprint density at radius 1 is 0.783 bits per heavy atom. The molecular formula is C20H18O3. The zero-order chi connectivity index (χ0) is 16.8. The van der Waals surface area contributed by atoms with Gasteiger partial charge < -0.3 is 4.74 Å². The molecule has 0 radical (unpaired) electrons. The predicted octanol–water partition coefficient (Wildman–Crippen LogP) is 4.15. The van der Waals surface area contributed by atoms with Gasteiger partial charge in [0, 0.05) is 11.1 Å². The van der Waals surface area contributed by atoms with Crippen molar-refractivity contribution in [3.63, 3.8) is 0 Å². The van der Waals surface area contributed by atoms with Crippen molar-refractivity contribution < 1.29 is 14.3 Å². The highest BCUT2D eigenvalue weighted by Crippen LogP contribution is 2.27. The Labute approximate surface area is 135 Å². The molecule has 0 saturated heterocycles. The summed E-state index contributed by atoms with van der Waals surface area (Å²) in [4.78, 5) is 23.9. The van der Waals surface area contributed by atoms with Crippen LogP contribution >= 0.6 is 0 Å². The molecule has 116 valence electrons. The van der Waals surface area contributed by atoms with E-state index < -0.39 is 11.9 Å². The maximum Gasteiger partial charge on any atom is 0.342 e. The molecule has 0 atom stereocenters. The highest BCUT2D eigenvalue weighted by Gasteiger charge is 2.18. The number of carbonyl (C=O) groups excluding carboxylic acids is 2. The molecule has 0 N–H and O–H groups in total. The molecule has 0 aromatic heterocycles. The second-order valence-electron chi connectivity index (χ2n) is 5.19. The van der Waals surface area contributed by atoms with Crippen LogP contribution < -0.4 is 0 Å². The van der Waals surface area contributed by atoms with E-state index in [9.17, 15) is 9.59 Å². The van der Waals surface area contributed by atoms with E-state index in [1.165, 1.54) is 6.92 Å². The van der Waals surface area contributed by atoms with Crippen molar-refractivity contribution in [2.75, 3.05) is 0 Å². The van der Waals surface area contributed by atoms with Gasteiger partial charge in [0.15, 0.2) is 0 Å². The standard InChI is InChI=1S/C20H18O3/c1-14(2)19(21)23-20(22)15(3)18(16-10-6-4-7-11-16)17-12-8-5-9-13-17/h4-13H,1H2,2-3H3. The van der Waals surface area contributed by atoms with Gasteiger partial charge in [-0.05, 0) is 30.5 Å². The smallest absolute Gasteiger partial charge is 0.342 e. The van der Waals surface area contributed by atoms with Crippen LogP contribution in [0.1, 0.15) is 25.0 Å². The number of carbonyl (C=O) groups is 2. The second kappa shape index (κ2) is 7.36. The minimum Gasteiger partial charge on any atom is -0.386 e. The molecule has 0 amide bonds. The molecule has 3 heteroatoms. The van der Waals surface area contributed by atoms with Crippen molar-refractivity contribution in [2.24, 2.45) is 0 Å². The highest BCUT2D eigenvalue weighted by molar-refractivity contribution is 6.07. The van der Waals surface area contributed by atoms with Gasteiger partial charge >= 0.3 is 11.9 Å². The van der Waals surface area contributed by atoms with Crippen molar-refractivity contribution in [3.05, 3.63) is 89.5 Å². The first-order valence-corrected chi connectivity index (χ1v) is 7.24. The minimum absolute atomic E-state index is 0.187. The molecule has 0 spiro atoms. The van der Waals surface area contributed by atoms with E-state index in [1.807, 2.05) is 60.7 Å². The first-order chi connectivity index (χ1) is 11.0. The minimum atomic E-state index is -0.713. The topological polar surface area (TPSA) is 43.4 Å². The lowest BCUT2D eigenvalue weighted by Crippen LogP contribution is -2.15. The van der Waals surface area contributed by atoms with Crippen LogP contribution in [0.2, 0.25) is 0 Å². The molecule has 0 unspecified atom stereocenters. The zero-order valence-electron chi connectivity index (χ0n) is 13.2. The number of hydrogen-bond acceptors (Lipinski definition) is 3. The van der Waals surface area contributed by atoms with Crippen LogP contribution in [-0.2, 0) is 14.3 Å². The van der Waals surface area contributed by atoms with E-state index in [2.05, 4.69) is 6.58 Å². The van der Waals surface area contributed by atoms with Gasteiger partial charge in [0.1, 0.15) is 0 Å². The average Bonchev–Trinajstić information content (AvgIpc) is 2.56. The van der Waals surface area contributed by atoms with E-state index in [4.69, 9.17) is 4.74 Å². The first-order valence-electron chi connectivity index (χ1n) is 7.24. The van der Waals surface area contributed by atoms with Crippen LogP contribution in [0.15, 0.2) is 78.4 Å². The fraction of sp³-hybridized carbons (Fsp3) is 0.100. The van der Waals surface area contributed by atoms with E-state index in [1.54, 1.807) is 6.92 Å². The molecule has 0 bridgehead atoms. The summed E-state index contributed by atoms with van der Waals surface area (Å²) in [5.41, 5.74) is 3.07. The summed E-state index contributed by atoms with van der Waals surface area (Å²) >= 11 is 0.